The van der Waals surface area contributed by atoms with E-state index in [0.29, 0.717) is 12.4 Å². The predicted molar refractivity (Wildman–Crippen MR) is 60.8 cm³/mol. The average Bonchev–Trinajstić information content (AvgIpc) is 2.29. The summed E-state index contributed by atoms with van der Waals surface area (Å²) in [5.74, 6) is -0.698. The third-order valence-electron chi connectivity index (χ3n) is 2.23. The molecule has 1 aromatic heterocycles. The number of aromatic nitrogens is 1. The van der Waals surface area contributed by atoms with Gasteiger partial charge in [-0.3, -0.25) is 0 Å². The van der Waals surface area contributed by atoms with Crippen LogP contribution in [0.1, 0.15) is 43.1 Å². The lowest BCUT2D eigenvalue weighted by molar-refractivity contribution is 0.0685. The number of carbonyl (C=O) groups is 1. The number of unbranched alkanes of at least 4 members (excludes halogenated alkanes) is 3. The number of aromatic carboxylic acids is 1. The molecule has 0 aliphatic rings. The van der Waals surface area contributed by atoms with Gasteiger partial charge in [0.25, 0.3) is 0 Å². The Hall–Kier alpha value is -1.58. The first-order valence-electron chi connectivity index (χ1n) is 5.56. The summed E-state index contributed by atoms with van der Waals surface area (Å²) in [5, 5.41) is 8.86. The highest BCUT2D eigenvalue weighted by Crippen LogP contribution is 2.15. The van der Waals surface area contributed by atoms with Crippen LogP contribution < -0.4 is 4.74 Å². The number of ether oxygens (including phenoxy) is 1. The number of hydrogen-bond donors (Lipinski definition) is 1. The quantitative estimate of drug-likeness (QED) is 0.722. The van der Waals surface area contributed by atoms with E-state index in [1.807, 2.05) is 0 Å². The molecule has 0 amide bonds. The van der Waals surface area contributed by atoms with Crippen molar-refractivity contribution >= 4 is 5.97 Å². The first-order valence-corrected chi connectivity index (χ1v) is 5.56. The fraction of sp³-hybridized carbons (Fsp3) is 0.500. The van der Waals surface area contributed by atoms with Gasteiger partial charge in [-0.1, -0.05) is 26.2 Å². The second kappa shape index (κ2) is 6.82. The molecule has 88 valence electrons. The Morgan fingerprint density at radius 3 is 2.94 bits per heavy atom. The fourth-order valence-corrected chi connectivity index (χ4v) is 1.38. The van der Waals surface area contributed by atoms with Crippen molar-refractivity contribution in [3.63, 3.8) is 0 Å². The van der Waals surface area contributed by atoms with Crippen molar-refractivity contribution in [2.75, 3.05) is 6.61 Å². The predicted octanol–water partition coefficient (Wildman–Crippen LogP) is 2.74. The summed E-state index contributed by atoms with van der Waals surface area (Å²) >= 11 is 0. The van der Waals surface area contributed by atoms with Crippen LogP contribution in [0.25, 0.3) is 0 Å². The van der Waals surface area contributed by atoms with Crippen molar-refractivity contribution in [2.24, 2.45) is 0 Å². The summed E-state index contributed by atoms with van der Waals surface area (Å²) in [5.41, 5.74) is -0.0157. The molecule has 0 saturated carbocycles. The summed E-state index contributed by atoms with van der Waals surface area (Å²) in [6.45, 7) is 2.69. The molecular weight excluding hydrogens is 206 g/mol. The van der Waals surface area contributed by atoms with Gasteiger partial charge in [-0.15, -0.1) is 0 Å². The Morgan fingerprint density at radius 1 is 1.44 bits per heavy atom. The molecule has 0 atom stereocenters. The van der Waals surface area contributed by atoms with Crippen LogP contribution in [0.3, 0.4) is 0 Å². The summed E-state index contributed by atoms with van der Waals surface area (Å²) in [6.07, 6.45) is 5.86. The SMILES string of the molecule is CCCCCCOc1cccnc1C(=O)O. The maximum atomic E-state index is 10.8. The van der Waals surface area contributed by atoms with Gasteiger partial charge in [0.15, 0.2) is 11.4 Å². The number of carboxylic acid groups (broad SMARTS) is 1. The van der Waals surface area contributed by atoms with Gasteiger partial charge >= 0.3 is 5.97 Å². The molecule has 1 aromatic rings. The molecule has 4 nitrogen and oxygen atoms in total. The number of carboxylic acids is 1. The van der Waals surface area contributed by atoms with Crippen LogP contribution in [-0.2, 0) is 0 Å². The Balaban J connectivity index is 2.44. The summed E-state index contributed by atoms with van der Waals surface area (Å²) in [6, 6.07) is 3.31. The van der Waals surface area contributed by atoms with Crippen LogP contribution >= 0.6 is 0 Å². The highest BCUT2D eigenvalue weighted by atomic mass is 16.5. The maximum absolute atomic E-state index is 10.8. The maximum Gasteiger partial charge on any atom is 0.358 e. The number of hydrogen-bond acceptors (Lipinski definition) is 3. The van der Waals surface area contributed by atoms with Crippen molar-refractivity contribution in [1.82, 2.24) is 4.98 Å². The topological polar surface area (TPSA) is 59.4 Å². The van der Waals surface area contributed by atoms with Crippen molar-refractivity contribution < 1.29 is 14.6 Å². The fourth-order valence-electron chi connectivity index (χ4n) is 1.38. The summed E-state index contributed by atoms with van der Waals surface area (Å²) in [7, 11) is 0. The lowest BCUT2D eigenvalue weighted by Crippen LogP contribution is -2.06. The molecule has 0 fully saturated rings. The molecule has 16 heavy (non-hydrogen) atoms. The van der Waals surface area contributed by atoms with Crippen LogP contribution in [0.5, 0.6) is 5.75 Å². The van der Waals surface area contributed by atoms with Crippen LogP contribution in [0, 0.1) is 0 Å². The summed E-state index contributed by atoms with van der Waals surface area (Å²) < 4.78 is 5.40. The van der Waals surface area contributed by atoms with E-state index in [9.17, 15) is 4.79 Å². The Bertz CT molecular complexity index is 339. The minimum atomic E-state index is -1.05. The smallest absolute Gasteiger partial charge is 0.358 e. The first-order chi connectivity index (χ1) is 7.75. The van der Waals surface area contributed by atoms with Gasteiger partial charge in [0.05, 0.1) is 6.61 Å². The highest BCUT2D eigenvalue weighted by molar-refractivity contribution is 5.88. The van der Waals surface area contributed by atoms with Gasteiger partial charge in [-0.25, -0.2) is 9.78 Å². The Labute approximate surface area is 95.3 Å². The van der Waals surface area contributed by atoms with E-state index in [0.717, 1.165) is 12.8 Å². The molecule has 0 unspecified atom stereocenters. The van der Waals surface area contributed by atoms with E-state index in [-0.39, 0.29) is 5.69 Å². The Morgan fingerprint density at radius 2 is 2.25 bits per heavy atom. The lowest BCUT2D eigenvalue weighted by Gasteiger charge is -2.07. The van der Waals surface area contributed by atoms with E-state index in [4.69, 9.17) is 9.84 Å². The van der Waals surface area contributed by atoms with E-state index in [1.54, 1.807) is 12.1 Å². The first kappa shape index (κ1) is 12.5. The Kier molecular flexibility index (Phi) is 5.32. The van der Waals surface area contributed by atoms with Crippen molar-refractivity contribution in [3.05, 3.63) is 24.0 Å². The average molecular weight is 223 g/mol. The molecule has 4 heteroatoms. The highest BCUT2D eigenvalue weighted by Gasteiger charge is 2.11. The monoisotopic (exact) mass is 223 g/mol. The second-order valence-electron chi connectivity index (χ2n) is 3.56. The molecule has 0 saturated heterocycles. The van der Waals surface area contributed by atoms with Crippen molar-refractivity contribution in [3.8, 4) is 5.75 Å². The minimum Gasteiger partial charge on any atom is -0.491 e. The van der Waals surface area contributed by atoms with E-state index < -0.39 is 5.97 Å². The lowest BCUT2D eigenvalue weighted by atomic mass is 10.2. The van der Waals surface area contributed by atoms with Crippen LogP contribution in [0.15, 0.2) is 18.3 Å². The third kappa shape index (κ3) is 3.88. The van der Waals surface area contributed by atoms with Gasteiger partial charge in [0.2, 0.25) is 0 Å². The standard InChI is InChI=1S/C12H17NO3/c1-2-3-4-5-9-16-10-7-6-8-13-11(10)12(14)15/h6-8H,2-5,9H2,1H3,(H,14,15). The zero-order valence-electron chi connectivity index (χ0n) is 9.48. The van der Waals surface area contributed by atoms with Gasteiger partial charge in [0, 0.05) is 6.20 Å². The van der Waals surface area contributed by atoms with Crippen LogP contribution in [0.4, 0.5) is 0 Å². The molecule has 1 rings (SSSR count). The normalized spacial score (nSPS) is 10.1. The largest absolute Gasteiger partial charge is 0.491 e. The number of rotatable bonds is 7. The van der Waals surface area contributed by atoms with E-state index >= 15 is 0 Å². The molecule has 1 heterocycles. The van der Waals surface area contributed by atoms with Crippen LogP contribution in [0.2, 0.25) is 0 Å². The zero-order valence-corrected chi connectivity index (χ0v) is 9.48. The molecule has 0 aliphatic heterocycles. The molecule has 0 bridgehead atoms. The molecular formula is C12H17NO3. The molecule has 0 radical (unpaired) electrons. The third-order valence-corrected chi connectivity index (χ3v) is 2.23. The zero-order chi connectivity index (χ0) is 11.8. The number of pyridine rings is 1. The van der Waals surface area contributed by atoms with E-state index in [1.165, 1.54) is 19.0 Å². The van der Waals surface area contributed by atoms with Gasteiger partial charge in [-0.2, -0.15) is 0 Å². The van der Waals surface area contributed by atoms with Crippen molar-refractivity contribution in [2.45, 2.75) is 32.6 Å². The van der Waals surface area contributed by atoms with Crippen molar-refractivity contribution in [1.29, 1.82) is 0 Å². The molecule has 0 aliphatic carbocycles. The number of nitrogens with zero attached hydrogens (tertiary/aromatic N) is 1. The molecule has 1 N–H and O–H groups in total. The van der Waals surface area contributed by atoms with Gasteiger partial charge < -0.3 is 9.84 Å². The van der Waals surface area contributed by atoms with Gasteiger partial charge in [-0.05, 0) is 18.6 Å². The van der Waals surface area contributed by atoms with E-state index in [2.05, 4.69) is 11.9 Å². The minimum absolute atomic E-state index is 0.0157. The molecule has 0 aromatic carbocycles. The second-order valence-corrected chi connectivity index (χ2v) is 3.56. The molecule has 0 spiro atoms. The van der Waals surface area contributed by atoms with Gasteiger partial charge in [0.1, 0.15) is 0 Å². The summed E-state index contributed by atoms with van der Waals surface area (Å²) in [4.78, 5) is 14.6. The van der Waals surface area contributed by atoms with Crippen LogP contribution in [-0.4, -0.2) is 22.7 Å².